The number of alkyl halides is 3. The first-order chi connectivity index (χ1) is 14.3. The SMILES string of the molecule is Cc1c(Cl)c(C(F)(F)F)nn1CC(C=O)N1CCN(c2ncnc3nc[nH]c23)CC1. The van der Waals surface area contributed by atoms with Crippen LogP contribution in [0.4, 0.5) is 19.0 Å². The predicted octanol–water partition coefficient (Wildman–Crippen LogP) is 1.92. The second kappa shape index (κ2) is 7.84. The molecule has 160 valence electrons. The van der Waals surface area contributed by atoms with Crippen LogP contribution in [-0.4, -0.2) is 73.1 Å². The third-order valence-corrected chi connectivity index (χ3v) is 5.66. The van der Waals surface area contributed by atoms with E-state index in [1.165, 1.54) is 13.3 Å². The van der Waals surface area contributed by atoms with E-state index in [9.17, 15) is 18.0 Å². The zero-order valence-electron chi connectivity index (χ0n) is 15.9. The summed E-state index contributed by atoms with van der Waals surface area (Å²) in [6.45, 7) is 3.68. The number of imidazole rings is 1. The predicted molar refractivity (Wildman–Crippen MR) is 102 cm³/mol. The van der Waals surface area contributed by atoms with E-state index < -0.39 is 22.9 Å². The van der Waals surface area contributed by atoms with Gasteiger partial charge < -0.3 is 14.7 Å². The van der Waals surface area contributed by atoms with Gasteiger partial charge in [-0.05, 0) is 6.92 Å². The van der Waals surface area contributed by atoms with Gasteiger partial charge in [0.2, 0.25) is 0 Å². The molecule has 0 saturated carbocycles. The summed E-state index contributed by atoms with van der Waals surface area (Å²) in [4.78, 5) is 31.3. The summed E-state index contributed by atoms with van der Waals surface area (Å²) < 4.78 is 40.3. The summed E-state index contributed by atoms with van der Waals surface area (Å²) in [6, 6.07) is -0.625. The Morgan fingerprint density at radius 3 is 2.60 bits per heavy atom. The molecule has 0 amide bonds. The molecule has 1 N–H and O–H groups in total. The molecule has 3 aromatic heterocycles. The summed E-state index contributed by atoms with van der Waals surface area (Å²) in [5.74, 6) is 0.726. The lowest BCUT2D eigenvalue weighted by Gasteiger charge is -2.38. The Morgan fingerprint density at radius 1 is 1.23 bits per heavy atom. The molecule has 1 saturated heterocycles. The van der Waals surface area contributed by atoms with Gasteiger partial charge in [-0.3, -0.25) is 9.58 Å². The fourth-order valence-corrected chi connectivity index (χ4v) is 3.80. The summed E-state index contributed by atoms with van der Waals surface area (Å²) in [5, 5.41) is 3.15. The minimum atomic E-state index is -4.65. The van der Waals surface area contributed by atoms with E-state index in [1.807, 2.05) is 4.90 Å². The maximum Gasteiger partial charge on any atom is 0.436 e. The van der Waals surface area contributed by atoms with E-state index in [4.69, 9.17) is 11.6 Å². The molecule has 0 aromatic carbocycles. The van der Waals surface area contributed by atoms with Crippen LogP contribution >= 0.6 is 11.6 Å². The van der Waals surface area contributed by atoms with Crippen LogP contribution in [0.5, 0.6) is 0 Å². The molecule has 4 rings (SSSR count). The van der Waals surface area contributed by atoms with Crippen molar-refractivity contribution in [3.8, 4) is 0 Å². The highest BCUT2D eigenvalue weighted by Crippen LogP contribution is 2.35. The average Bonchev–Trinajstić information content (AvgIpc) is 3.31. The first-order valence-corrected chi connectivity index (χ1v) is 9.56. The van der Waals surface area contributed by atoms with Crippen molar-refractivity contribution in [3.05, 3.63) is 29.1 Å². The van der Waals surface area contributed by atoms with Crippen LogP contribution in [0.1, 0.15) is 11.4 Å². The van der Waals surface area contributed by atoms with Crippen molar-refractivity contribution in [1.29, 1.82) is 0 Å². The number of hydrogen-bond acceptors (Lipinski definition) is 7. The van der Waals surface area contributed by atoms with Gasteiger partial charge in [0.05, 0.1) is 29.6 Å². The van der Waals surface area contributed by atoms with Crippen LogP contribution in [0.25, 0.3) is 11.2 Å². The molecule has 4 heterocycles. The Hall–Kier alpha value is -2.73. The van der Waals surface area contributed by atoms with Gasteiger partial charge in [-0.1, -0.05) is 11.6 Å². The smallest absolute Gasteiger partial charge is 0.352 e. The number of carbonyl (C=O) groups is 1. The molecule has 1 unspecified atom stereocenters. The highest BCUT2D eigenvalue weighted by Gasteiger charge is 2.38. The molecule has 0 aliphatic carbocycles. The van der Waals surface area contributed by atoms with Gasteiger partial charge in [-0.15, -0.1) is 0 Å². The lowest BCUT2D eigenvalue weighted by Crippen LogP contribution is -2.52. The average molecular weight is 443 g/mol. The Labute approximate surface area is 173 Å². The Kier molecular flexibility index (Phi) is 5.36. The van der Waals surface area contributed by atoms with Crippen molar-refractivity contribution in [2.75, 3.05) is 31.1 Å². The van der Waals surface area contributed by atoms with Crippen molar-refractivity contribution in [1.82, 2.24) is 34.6 Å². The Bertz CT molecular complexity index is 1060. The van der Waals surface area contributed by atoms with Crippen LogP contribution < -0.4 is 4.90 Å². The number of aldehydes is 1. The highest BCUT2D eigenvalue weighted by atomic mass is 35.5. The molecule has 0 bridgehead atoms. The second-order valence-corrected chi connectivity index (χ2v) is 7.33. The van der Waals surface area contributed by atoms with Crippen LogP contribution in [0.15, 0.2) is 12.7 Å². The summed E-state index contributed by atoms with van der Waals surface area (Å²) in [7, 11) is 0. The molecule has 30 heavy (non-hydrogen) atoms. The van der Waals surface area contributed by atoms with Crippen molar-refractivity contribution in [2.45, 2.75) is 25.7 Å². The third kappa shape index (κ3) is 3.72. The van der Waals surface area contributed by atoms with Crippen molar-refractivity contribution in [3.63, 3.8) is 0 Å². The molecule has 1 fully saturated rings. The van der Waals surface area contributed by atoms with Crippen molar-refractivity contribution in [2.24, 2.45) is 0 Å². The van der Waals surface area contributed by atoms with Crippen molar-refractivity contribution < 1.29 is 18.0 Å². The van der Waals surface area contributed by atoms with Crippen LogP contribution in [0, 0.1) is 6.92 Å². The maximum atomic E-state index is 13.0. The molecule has 0 radical (unpaired) electrons. The zero-order chi connectivity index (χ0) is 21.5. The standard InChI is InChI=1S/C17H18ClF3N8O/c1-10-12(18)14(17(19,20)21)26-29(10)6-11(7-30)27-2-4-28(5-3-27)16-13-15(23-8-22-13)24-9-25-16/h7-9,11H,2-6H2,1H3,(H,22,23,24,25). The number of fused-ring (bicyclic) bond motifs is 1. The first-order valence-electron chi connectivity index (χ1n) is 9.18. The number of nitrogens with one attached hydrogen (secondary N) is 1. The van der Waals surface area contributed by atoms with Gasteiger partial charge >= 0.3 is 6.18 Å². The highest BCUT2D eigenvalue weighted by molar-refractivity contribution is 6.31. The Balaban J connectivity index is 1.46. The molecule has 1 aliphatic heterocycles. The van der Waals surface area contributed by atoms with Crippen molar-refractivity contribution >= 4 is 34.9 Å². The quantitative estimate of drug-likeness (QED) is 0.603. The summed E-state index contributed by atoms with van der Waals surface area (Å²) in [5.41, 5.74) is 0.347. The number of nitrogens with zero attached hydrogens (tertiary/aromatic N) is 7. The number of anilines is 1. The maximum absolute atomic E-state index is 13.0. The number of halogens is 4. The number of hydrogen-bond donors (Lipinski definition) is 1. The van der Waals surface area contributed by atoms with E-state index in [2.05, 4.69) is 29.9 Å². The number of piperazine rings is 1. The van der Waals surface area contributed by atoms with Gasteiger partial charge in [-0.2, -0.15) is 18.3 Å². The monoisotopic (exact) mass is 442 g/mol. The number of carbonyl (C=O) groups excluding carboxylic acids is 1. The van der Waals surface area contributed by atoms with E-state index in [0.29, 0.717) is 31.8 Å². The van der Waals surface area contributed by atoms with E-state index in [-0.39, 0.29) is 12.2 Å². The number of rotatable bonds is 5. The van der Waals surface area contributed by atoms with E-state index in [1.54, 1.807) is 6.33 Å². The van der Waals surface area contributed by atoms with Gasteiger partial charge in [0.1, 0.15) is 18.1 Å². The lowest BCUT2D eigenvalue weighted by molar-refractivity contribution is -0.141. The topological polar surface area (TPSA) is 95.8 Å². The molecule has 1 aliphatic rings. The normalized spacial score (nSPS) is 16.9. The minimum absolute atomic E-state index is 0.0105. The molecule has 9 nitrogen and oxygen atoms in total. The molecule has 13 heteroatoms. The van der Waals surface area contributed by atoms with E-state index in [0.717, 1.165) is 22.3 Å². The molecule has 0 spiro atoms. The molecular formula is C17H18ClF3N8O. The lowest BCUT2D eigenvalue weighted by atomic mass is 10.2. The summed E-state index contributed by atoms with van der Waals surface area (Å²) in [6.07, 6.45) is -0.920. The Morgan fingerprint density at radius 2 is 1.97 bits per heavy atom. The van der Waals surface area contributed by atoms with Gasteiger partial charge in [0.15, 0.2) is 17.2 Å². The molecule has 1 atom stereocenters. The molecular weight excluding hydrogens is 425 g/mol. The minimum Gasteiger partial charge on any atom is -0.352 e. The van der Waals surface area contributed by atoms with Gasteiger partial charge in [0.25, 0.3) is 0 Å². The van der Waals surface area contributed by atoms with Gasteiger partial charge in [-0.25, -0.2) is 15.0 Å². The number of aromatic nitrogens is 6. The summed E-state index contributed by atoms with van der Waals surface area (Å²) >= 11 is 5.80. The fourth-order valence-electron chi connectivity index (χ4n) is 3.56. The van der Waals surface area contributed by atoms with Crippen LogP contribution in [0.3, 0.4) is 0 Å². The largest absolute Gasteiger partial charge is 0.436 e. The van der Waals surface area contributed by atoms with Crippen LogP contribution in [-0.2, 0) is 17.5 Å². The third-order valence-electron chi connectivity index (χ3n) is 5.20. The van der Waals surface area contributed by atoms with Crippen LogP contribution in [0.2, 0.25) is 5.02 Å². The zero-order valence-corrected chi connectivity index (χ0v) is 16.7. The van der Waals surface area contributed by atoms with E-state index >= 15 is 0 Å². The molecule has 3 aromatic rings. The first kappa shape index (κ1) is 20.5. The fraction of sp³-hybridized carbons (Fsp3) is 0.471. The second-order valence-electron chi connectivity index (χ2n) is 6.95. The number of aromatic amines is 1. The number of H-pyrrole nitrogens is 1. The van der Waals surface area contributed by atoms with Gasteiger partial charge in [0, 0.05) is 26.2 Å².